The third-order valence-corrected chi connectivity index (χ3v) is 2.63. The first-order chi connectivity index (χ1) is 6.60. The molecule has 1 aromatic rings. The first-order valence-corrected chi connectivity index (χ1v) is 5.23. The highest BCUT2D eigenvalue weighted by molar-refractivity contribution is 9.08. The van der Waals surface area contributed by atoms with E-state index < -0.39 is 6.43 Å². The Hall–Kier alpha value is -0.260. The van der Waals surface area contributed by atoms with Crippen molar-refractivity contribution in [1.82, 2.24) is 4.98 Å². The fraction of sp³-hybridized carbons (Fsp3) is 0.375. The quantitative estimate of drug-likeness (QED) is 0.866. The average Bonchev–Trinajstić information content (AvgIpc) is 2.17. The number of halogens is 4. The number of rotatable bonds is 3. The van der Waals surface area contributed by atoms with Crippen LogP contribution in [-0.2, 0) is 11.9 Å². The van der Waals surface area contributed by atoms with Crippen molar-refractivity contribution < 1.29 is 13.9 Å². The van der Waals surface area contributed by atoms with Gasteiger partial charge in [-0.3, -0.25) is 0 Å². The molecule has 0 aliphatic heterocycles. The van der Waals surface area contributed by atoms with Gasteiger partial charge in [0.25, 0.3) is 6.43 Å². The minimum atomic E-state index is -2.66. The average molecular weight is 287 g/mol. The van der Waals surface area contributed by atoms with Crippen LogP contribution in [-0.4, -0.2) is 10.1 Å². The highest BCUT2D eigenvalue weighted by Crippen LogP contribution is 2.26. The van der Waals surface area contributed by atoms with Crippen molar-refractivity contribution in [3.63, 3.8) is 0 Å². The van der Waals surface area contributed by atoms with Gasteiger partial charge in [-0.25, -0.2) is 13.8 Å². The zero-order valence-corrected chi connectivity index (χ0v) is 9.32. The number of hydrogen-bond acceptors (Lipinski definition) is 2. The lowest BCUT2D eigenvalue weighted by atomic mass is 10.2. The lowest BCUT2D eigenvalue weighted by molar-refractivity contribution is 0.145. The third-order valence-electron chi connectivity index (χ3n) is 1.64. The predicted molar refractivity (Wildman–Crippen MR) is 52.8 cm³/mol. The van der Waals surface area contributed by atoms with Gasteiger partial charge in [-0.1, -0.05) is 27.5 Å². The van der Waals surface area contributed by atoms with Crippen LogP contribution < -0.4 is 0 Å². The van der Waals surface area contributed by atoms with Gasteiger partial charge in [0.1, 0.15) is 5.69 Å². The van der Waals surface area contributed by atoms with E-state index in [-0.39, 0.29) is 28.2 Å². The summed E-state index contributed by atoms with van der Waals surface area (Å²) < 4.78 is 24.7. The molecule has 0 fully saturated rings. The summed E-state index contributed by atoms with van der Waals surface area (Å²) in [4.78, 5) is 3.66. The molecule has 0 spiro atoms. The Kier molecular flexibility index (Phi) is 4.22. The predicted octanol–water partition coefficient (Wildman–Crippen LogP) is 3.06. The van der Waals surface area contributed by atoms with Crippen LogP contribution in [0.1, 0.15) is 23.4 Å². The second-order valence-electron chi connectivity index (χ2n) is 2.56. The maximum absolute atomic E-state index is 12.3. The van der Waals surface area contributed by atoms with Crippen LogP contribution in [0.3, 0.4) is 0 Å². The van der Waals surface area contributed by atoms with E-state index >= 15 is 0 Å². The molecule has 0 aliphatic carbocycles. The van der Waals surface area contributed by atoms with Crippen LogP contribution in [0.4, 0.5) is 8.78 Å². The molecule has 14 heavy (non-hydrogen) atoms. The van der Waals surface area contributed by atoms with Crippen LogP contribution in [0.5, 0.6) is 0 Å². The Labute approximate surface area is 93.0 Å². The smallest absolute Gasteiger partial charge is 0.280 e. The molecule has 0 atom stereocenters. The van der Waals surface area contributed by atoms with Crippen molar-refractivity contribution in [2.24, 2.45) is 0 Å². The number of nitrogens with zero attached hydrogens (tertiary/aromatic N) is 1. The van der Waals surface area contributed by atoms with Gasteiger partial charge in [0.2, 0.25) is 0 Å². The van der Waals surface area contributed by atoms with Crippen LogP contribution in [0.25, 0.3) is 0 Å². The summed E-state index contributed by atoms with van der Waals surface area (Å²) in [7, 11) is 0. The number of hydrogen-bond donors (Lipinski definition) is 1. The highest BCUT2D eigenvalue weighted by atomic mass is 79.9. The molecule has 0 saturated heterocycles. The Morgan fingerprint density at radius 1 is 1.57 bits per heavy atom. The number of aromatic nitrogens is 1. The van der Waals surface area contributed by atoms with Crippen LogP contribution in [0.15, 0.2) is 6.07 Å². The zero-order chi connectivity index (χ0) is 10.7. The largest absolute Gasteiger partial charge is 0.392 e. The molecule has 0 radical (unpaired) electrons. The van der Waals surface area contributed by atoms with E-state index in [1.165, 1.54) is 0 Å². The molecule has 1 rings (SSSR count). The maximum atomic E-state index is 12.3. The first kappa shape index (κ1) is 11.8. The van der Waals surface area contributed by atoms with Gasteiger partial charge in [0.15, 0.2) is 0 Å². The van der Waals surface area contributed by atoms with Gasteiger partial charge in [-0.05, 0) is 11.6 Å². The summed E-state index contributed by atoms with van der Waals surface area (Å²) in [6, 6.07) is 1.11. The third kappa shape index (κ3) is 2.40. The Morgan fingerprint density at radius 3 is 2.64 bits per heavy atom. The van der Waals surface area contributed by atoms with Crippen molar-refractivity contribution in [3.05, 3.63) is 28.0 Å². The minimum absolute atomic E-state index is 0.230. The highest BCUT2D eigenvalue weighted by Gasteiger charge is 2.15. The lowest BCUT2D eigenvalue weighted by Crippen LogP contribution is -2.00. The number of aliphatic hydroxyl groups excluding tert-OH is 1. The zero-order valence-electron chi connectivity index (χ0n) is 6.98. The molecular weight excluding hydrogens is 279 g/mol. The Bertz CT molecular complexity index is 310. The summed E-state index contributed by atoms with van der Waals surface area (Å²) in [5.74, 6) is 0. The molecule has 6 heteroatoms. The molecule has 0 amide bonds. The van der Waals surface area contributed by atoms with Gasteiger partial charge in [0, 0.05) is 5.33 Å². The fourth-order valence-electron chi connectivity index (χ4n) is 0.980. The van der Waals surface area contributed by atoms with E-state index in [0.29, 0.717) is 5.69 Å². The van der Waals surface area contributed by atoms with Crippen molar-refractivity contribution >= 4 is 27.5 Å². The molecule has 0 aromatic carbocycles. The molecule has 1 heterocycles. The normalized spacial score (nSPS) is 11.0. The number of pyridine rings is 1. The van der Waals surface area contributed by atoms with Crippen molar-refractivity contribution in [3.8, 4) is 0 Å². The molecule has 78 valence electrons. The van der Waals surface area contributed by atoms with Gasteiger partial charge in [-0.2, -0.15) is 0 Å². The monoisotopic (exact) mass is 285 g/mol. The maximum Gasteiger partial charge on any atom is 0.280 e. The molecule has 1 N–H and O–H groups in total. The summed E-state index contributed by atoms with van der Waals surface area (Å²) in [6.45, 7) is -0.374. The van der Waals surface area contributed by atoms with Crippen LogP contribution >= 0.6 is 27.5 Å². The van der Waals surface area contributed by atoms with Gasteiger partial charge < -0.3 is 5.11 Å². The van der Waals surface area contributed by atoms with E-state index in [9.17, 15) is 8.78 Å². The molecule has 0 aliphatic rings. The molecule has 0 unspecified atom stereocenters. The standard InChI is InChI=1S/C8H7BrClF2NO/c9-2-6-7(10)4(3-14)1-5(13-6)8(11)12/h1,8,14H,2-3H2. The first-order valence-electron chi connectivity index (χ1n) is 3.73. The Morgan fingerprint density at radius 2 is 2.21 bits per heavy atom. The summed E-state index contributed by atoms with van der Waals surface area (Å²) >= 11 is 8.87. The van der Waals surface area contributed by atoms with Crippen molar-refractivity contribution in [1.29, 1.82) is 0 Å². The van der Waals surface area contributed by atoms with Crippen molar-refractivity contribution in [2.75, 3.05) is 0 Å². The summed E-state index contributed by atoms with van der Waals surface area (Å²) in [5.41, 5.74) is 0.216. The lowest BCUT2D eigenvalue weighted by Gasteiger charge is -2.08. The van der Waals surface area contributed by atoms with Crippen LogP contribution in [0.2, 0.25) is 5.02 Å². The fourth-order valence-corrected chi connectivity index (χ4v) is 1.77. The topological polar surface area (TPSA) is 33.1 Å². The van der Waals surface area contributed by atoms with E-state index in [4.69, 9.17) is 16.7 Å². The molecule has 0 bridgehead atoms. The molecular formula is C8H7BrClF2NO. The van der Waals surface area contributed by atoms with Gasteiger partial charge in [0.05, 0.1) is 17.3 Å². The van der Waals surface area contributed by atoms with E-state index in [1.807, 2.05) is 0 Å². The Balaban J connectivity index is 3.25. The second kappa shape index (κ2) is 5.00. The molecule has 1 aromatic heterocycles. The van der Waals surface area contributed by atoms with E-state index in [0.717, 1.165) is 6.07 Å². The van der Waals surface area contributed by atoms with E-state index in [2.05, 4.69) is 20.9 Å². The van der Waals surface area contributed by atoms with Crippen molar-refractivity contribution in [2.45, 2.75) is 18.4 Å². The van der Waals surface area contributed by atoms with Crippen LogP contribution in [0, 0.1) is 0 Å². The summed E-state index contributed by atoms with van der Waals surface area (Å²) in [5, 5.41) is 9.38. The number of aliphatic hydroxyl groups is 1. The van der Waals surface area contributed by atoms with E-state index in [1.54, 1.807) is 0 Å². The molecule has 0 saturated carbocycles. The SMILES string of the molecule is OCc1cc(C(F)F)nc(CBr)c1Cl. The second-order valence-corrected chi connectivity index (χ2v) is 3.50. The minimum Gasteiger partial charge on any atom is -0.392 e. The van der Waals surface area contributed by atoms with Gasteiger partial charge >= 0.3 is 0 Å². The number of alkyl halides is 3. The molecule has 2 nitrogen and oxygen atoms in total. The van der Waals surface area contributed by atoms with Gasteiger partial charge in [-0.15, -0.1) is 0 Å². The summed E-state index contributed by atoms with van der Waals surface area (Å²) in [6.07, 6.45) is -2.66.